The summed E-state index contributed by atoms with van der Waals surface area (Å²) in [5.41, 5.74) is 0. The topological polar surface area (TPSA) is 20.2 Å². The molecule has 0 aliphatic carbocycles. The Balaban J connectivity index is 2.32. The quantitative estimate of drug-likeness (QED) is 0.314. The van der Waals surface area contributed by atoms with E-state index in [0.717, 1.165) is 0 Å². The molecule has 0 spiro atoms. The lowest BCUT2D eigenvalue weighted by Crippen LogP contribution is -1.88. The van der Waals surface area contributed by atoms with E-state index >= 15 is 0 Å². The minimum atomic E-state index is -4.14. The van der Waals surface area contributed by atoms with Crippen LogP contribution < -0.4 is 0 Å². The first kappa shape index (κ1) is 4.04. The van der Waals surface area contributed by atoms with Crippen LogP contribution >= 0.6 is 0 Å². The Hall–Kier alpha value is 0.0369. The molecule has 0 aromatic carbocycles. The van der Waals surface area contributed by atoms with E-state index < -0.39 is 9.71 Å². The zero-order valence-electron chi connectivity index (χ0n) is 1.78. The van der Waals surface area contributed by atoms with Crippen molar-refractivity contribution >= 4 is 9.71 Å². The smallest absolute Gasteiger partial charge is 0.386 e. The van der Waals surface area contributed by atoms with E-state index in [0.29, 0.717) is 0 Å². The van der Waals surface area contributed by atoms with Crippen molar-refractivity contribution in [1.29, 1.82) is 0 Å². The molecule has 0 bridgehead atoms. The average Bonchev–Trinajstić information content (AvgIpc) is 0.811. The summed E-state index contributed by atoms with van der Waals surface area (Å²) in [5.74, 6) is 0. The summed E-state index contributed by atoms with van der Waals surface area (Å²) in [4.78, 5) is 6.86. The monoisotopic (exact) mass is 84.0 g/mol. The molecule has 0 aromatic rings. The van der Waals surface area contributed by atoms with Crippen molar-refractivity contribution in [2.75, 3.05) is 0 Å². The maximum atomic E-state index is 10.0. The van der Waals surface area contributed by atoms with Gasteiger partial charge in [-0.2, -0.15) is 0 Å². The van der Waals surface area contributed by atoms with E-state index in [1.54, 1.807) is 0 Å². The van der Waals surface area contributed by atoms with Crippen molar-refractivity contribution in [3.8, 4) is 0 Å². The van der Waals surface area contributed by atoms with Gasteiger partial charge in [-0.15, -0.1) is 0 Å². The molecule has 0 heterocycles. The Morgan fingerprint density at radius 1 is 1.50 bits per heavy atom. The van der Waals surface area contributed by atoms with Gasteiger partial charge in [-0.1, -0.05) is 0 Å². The highest BCUT2D eigenvalue weighted by molar-refractivity contribution is 6.32. The van der Waals surface area contributed by atoms with Crippen molar-refractivity contribution < 1.29 is 13.0 Å². The Kier molecular flexibility index (Phi) is 1.38. The van der Waals surface area contributed by atoms with Crippen LogP contribution in [0.15, 0.2) is 0 Å². The highest BCUT2D eigenvalue weighted by Crippen LogP contribution is 1.69. The van der Waals surface area contributed by atoms with Gasteiger partial charge in [0, 0.05) is 0 Å². The second-order valence-corrected chi connectivity index (χ2v) is 0.833. The van der Waals surface area contributed by atoms with Gasteiger partial charge in [0.25, 0.3) is 0 Å². The predicted molar refractivity (Wildman–Crippen MR) is 11.6 cm³/mol. The van der Waals surface area contributed by atoms with Crippen LogP contribution in [0.4, 0.5) is 8.22 Å². The van der Waals surface area contributed by atoms with Gasteiger partial charge in [-0.05, 0) is 0 Å². The molecule has 0 atom stereocenters. The first-order valence-corrected chi connectivity index (χ1v) is 2.08. The minimum absolute atomic E-state index is 4.14. The van der Waals surface area contributed by atoms with E-state index in [4.69, 9.17) is 4.80 Å². The fraction of sp³-hybridized carbons (Fsp3) is 0. The summed E-state index contributed by atoms with van der Waals surface area (Å²) < 4.78 is 20.1. The lowest BCUT2D eigenvalue weighted by atomic mass is 15.9. The fourth-order valence-corrected chi connectivity index (χ4v) is 0. The Bertz CT molecular complexity index is 10.8. The maximum Gasteiger partial charge on any atom is 0.558 e. The van der Waals surface area contributed by atoms with Crippen molar-refractivity contribution in [1.82, 2.24) is 0 Å². The van der Waals surface area contributed by atoms with Gasteiger partial charge in [-0.25, -0.2) is 8.22 Å². The van der Waals surface area contributed by atoms with Gasteiger partial charge in [0.1, 0.15) is 0 Å². The first-order valence-electron chi connectivity index (χ1n) is 0.695. The van der Waals surface area contributed by atoms with Crippen molar-refractivity contribution in [2.45, 2.75) is 0 Å². The van der Waals surface area contributed by atoms with Crippen LogP contribution in [0.25, 0.3) is 0 Å². The highest BCUT2D eigenvalue weighted by atomic mass is 28.4. The van der Waals surface area contributed by atoms with Gasteiger partial charge in [-0.3, -0.25) is 0 Å². The van der Waals surface area contributed by atoms with E-state index in [1.807, 2.05) is 0 Å². The van der Waals surface area contributed by atoms with Gasteiger partial charge in [0.15, 0.2) is 0 Å². The molecule has 0 aliphatic heterocycles. The summed E-state index contributed by atoms with van der Waals surface area (Å²) in [5, 5.41) is 0. The third-order valence-corrected chi connectivity index (χ3v) is 0. The molecular weight excluding hydrogens is 82.1 g/mol. The fourth-order valence-electron chi connectivity index (χ4n) is 0. The number of hydrogen-bond acceptors (Lipinski definition) is 1. The van der Waals surface area contributed by atoms with E-state index in [9.17, 15) is 8.22 Å². The molecule has 4 heteroatoms. The summed E-state index contributed by atoms with van der Waals surface area (Å²) in [6, 6.07) is 0. The molecule has 0 aromatic heterocycles. The molecule has 26 valence electrons. The van der Waals surface area contributed by atoms with E-state index in [2.05, 4.69) is 0 Å². The summed E-state index contributed by atoms with van der Waals surface area (Å²) in [7, 11) is -4.14. The van der Waals surface area contributed by atoms with Crippen LogP contribution in [-0.2, 0) is 0 Å². The zero-order valence-corrected chi connectivity index (χ0v) is 2.94. The molecule has 1 N–H and O–H groups in total. The maximum absolute atomic E-state index is 10.0. The SMILES string of the molecule is O[SiH](F)F. The lowest BCUT2D eigenvalue weighted by molar-refractivity contribution is 0.417. The number of rotatable bonds is 0. The van der Waals surface area contributed by atoms with Crippen molar-refractivity contribution in [2.24, 2.45) is 0 Å². The lowest BCUT2D eigenvalue weighted by Gasteiger charge is -1.65. The second kappa shape index (κ2) is 1.37. The molecule has 0 amide bonds. The molecular formula is H2F2OSi. The largest absolute Gasteiger partial charge is 0.558 e. The first-order chi connectivity index (χ1) is 1.73. The second-order valence-electron chi connectivity index (χ2n) is 0.278. The summed E-state index contributed by atoms with van der Waals surface area (Å²) in [6.45, 7) is 0. The summed E-state index contributed by atoms with van der Waals surface area (Å²) >= 11 is 0. The predicted octanol–water partition coefficient (Wildman–Crippen LogP) is -0.365. The third kappa shape index (κ3) is 1610. The van der Waals surface area contributed by atoms with E-state index in [1.165, 1.54) is 0 Å². The van der Waals surface area contributed by atoms with Crippen LogP contribution in [0.5, 0.6) is 0 Å². The van der Waals surface area contributed by atoms with Crippen LogP contribution in [-0.4, -0.2) is 14.5 Å². The van der Waals surface area contributed by atoms with Crippen LogP contribution in [0.3, 0.4) is 0 Å². The average molecular weight is 84.1 g/mol. The molecule has 0 saturated carbocycles. The van der Waals surface area contributed by atoms with E-state index in [-0.39, 0.29) is 0 Å². The number of halogens is 2. The Labute approximate surface area is 23.9 Å². The van der Waals surface area contributed by atoms with Gasteiger partial charge >= 0.3 is 9.71 Å². The normalized spacial score (nSPS) is 9.00. The zero-order chi connectivity index (χ0) is 3.58. The Morgan fingerprint density at radius 2 is 1.50 bits per heavy atom. The number of hydrogen-bond donors (Lipinski definition) is 1. The minimum Gasteiger partial charge on any atom is -0.386 e. The molecule has 1 nitrogen and oxygen atoms in total. The van der Waals surface area contributed by atoms with Crippen LogP contribution in [0, 0.1) is 0 Å². The van der Waals surface area contributed by atoms with Gasteiger partial charge in [0.05, 0.1) is 0 Å². The molecule has 4 heavy (non-hydrogen) atoms. The third-order valence-electron chi connectivity index (χ3n) is 0. The molecule has 0 aliphatic rings. The molecule has 0 rings (SSSR count). The molecule has 0 fully saturated rings. The Morgan fingerprint density at radius 3 is 1.50 bits per heavy atom. The van der Waals surface area contributed by atoms with Crippen molar-refractivity contribution in [3.05, 3.63) is 0 Å². The van der Waals surface area contributed by atoms with Gasteiger partial charge < -0.3 is 4.80 Å². The molecule has 0 radical (unpaired) electrons. The molecule has 0 saturated heterocycles. The van der Waals surface area contributed by atoms with Gasteiger partial charge in [0.2, 0.25) is 0 Å². The highest BCUT2D eigenvalue weighted by Gasteiger charge is 1.92. The van der Waals surface area contributed by atoms with Crippen molar-refractivity contribution in [3.63, 3.8) is 0 Å². The van der Waals surface area contributed by atoms with Crippen LogP contribution in [0.1, 0.15) is 0 Å². The van der Waals surface area contributed by atoms with Crippen LogP contribution in [0.2, 0.25) is 0 Å². The summed E-state index contributed by atoms with van der Waals surface area (Å²) in [6.07, 6.45) is 0. The molecule has 0 unspecified atom stereocenters. The standard InChI is InChI=1S/F2H2OSi/c1-4(2)3/h3-4H.